The number of amides is 1. The highest BCUT2D eigenvalue weighted by Crippen LogP contribution is 2.31. The molecule has 1 amide bonds. The van der Waals surface area contributed by atoms with E-state index in [1.165, 1.54) is 0 Å². The molecule has 0 aromatic heterocycles. The van der Waals surface area contributed by atoms with Crippen molar-refractivity contribution in [3.63, 3.8) is 0 Å². The highest BCUT2D eigenvalue weighted by molar-refractivity contribution is 5.69. The number of ether oxygens (including phenoxy) is 2. The molecule has 1 saturated carbocycles. The van der Waals surface area contributed by atoms with Crippen LogP contribution in [0.25, 0.3) is 0 Å². The molecule has 20 heavy (non-hydrogen) atoms. The lowest BCUT2D eigenvalue weighted by Gasteiger charge is -2.43. The quantitative estimate of drug-likeness (QED) is 0.755. The fraction of sp³-hybridized carbons (Fsp3) is 0.933. The molecule has 5 nitrogen and oxygen atoms in total. The molecule has 1 fully saturated rings. The molecule has 118 valence electrons. The fourth-order valence-electron chi connectivity index (χ4n) is 2.24. The zero-order chi connectivity index (χ0) is 15.2. The van der Waals surface area contributed by atoms with Crippen LogP contribution in [0.15, 0.2) is 0 Å². The van der Waals surface area contributed by atoms with E-state index < -0.39 is 5.60 Å². The third-order valence-corrected chi connectivity index (χ3v) is 3.62. The predicted octanol–water partition coefficient (Wildman–Crippen LogP) is 2.45. The van der Waals surface area contributed by atoms with E-state index in [0.717, 1.165) is 38.8 Å². The van der Waals surface area contributed by atoms with E-state index >= 15 is 0 Å². The maximum Gasteiger partial charge on any atom is 0.408 e. The lowest BCUT2D eigenvalue weighted by molar-refractivity contribution is 0.0377. The van der Waals surface area contributed by atoms with Crippen molar-refractivity contribution in [3.05, 3.63) is 0 Å². The van der Waals surface area contributed by atoms with Crippen LogP contribution in [0.1, 0.15) is 53.4 Å². The van der Waals surface area contributed by atoms with Crippen LogP contribution < -0.4 is 10.6 Å². The summed E-state index contributed by atoms with van der Waals surface area (Å²) in [5, 5.41) is 6.52. The van der Waals surface area contributed by atoms with E-state index in [2.05, 4.69) is 17.6 Å². The van der Waals surface area contributed by atoms with Gasteiger partial charge in [-0.2, -0.15) is 0 Å². The molecule has 5 heteroatoms. The Balaban J connectivity index is 2.37. The zero-order valence-electron chi connectivity index (χ0n) is 13.5. The zero-order valence-corrected chi connectivity index (χ0v) is 13.5. The average molecular weight is 286 g/mol. The van der Waals surface area contributed by atoms with Gasteiger partial charge in [-0.25, -0.2) is 4.79 Å². The molecule has 0 spiro atoms. The summed E-state index contributed by atoms with van der Waals surface area (Å²) in [7, 11) is 1.71. The van der Waals surface area contributed by atoms with E-state index in [-0.39, 0.29) is 11.6 Å². The van der Waals surface area contributed by atoms with Gasteiger partial charge in [-0.1, -0.05) is 0 Å². The highest BCUT2D eigenvalue weighted by Gasteiger charge is 2.39. The van der Waals surface area contributed by atoms with Gasteiger partial charge in [-0.3, -0.25) is 0 Å². The van der Waals surface area contributed by atoms with E-state index in [9.17, 15) is 4.79 Å². The Labute approximate surface area is 122 Å². The van der Waals surface area contributed by atoms with Crippen LogP contribution in [0.4, 0.5) is 4.79 Å². The molecule has 0 heterocycles. The highest BCUT2D eigenvalue weighted by atomic mass is 16.6. The molecule has 2 N–H and O–H groups in total. The molecule has 0 radical (unpaired) electrons. The van der Waals surface area contributed by atoms with Gasteiger partial charge in [0, 0.05) is 26.3 Å². The van der Waals surface area contributed by atoms with Gasteiger partial charge < -0.3 is 20.1 Å². The molecule has 1 aliphatic rings. The summed E-state index contributed by atoms with van der Waals surface area (Å²) in [4.78, 5) is 11.9. The summed E-state index contributed by atoms with van der Waals surface area (Å²) in [6, 6.07) is 0.382. The first-order chi connectivity index (χ1) is 9.26. The minimum absolute atomic E-state index is 0.135. The third kappa shape index (κ3) is 6.09. The number of carbonyl (C=O) groups is 1. The molecule has 0 aromatic carbocycles. The number of hydrogen-bond acceptors (Lipinski definition) is 4. The second-order valence-electron chi connectivity index (χ2n) is 6.82. The largest absolute Gasteiger partial charge is 0.444 e. The van der Waals surface area contributed by atoms with E-state index in [1.54, 1.807) is 7.11 Å². The fourth-order valence-corrected chi connectivity index (χ4v) is 2.24. The number of nitrogens with one attached hydrogen (secondary N) is 2. The lowest BCUT2D eigenvalue weighted by atomic mass is 9.76. The Hall–Kier alpha value is -0.810. The van der Waals surface area contributed by atoms with Crippen LogP contribution in [-0.4, -0.2) is 43.5 Å². The Morgan fingerprint density at radius 1 is 1.35 bits per heavy atom. The number of alkyl carbamates (subject to hydrolysis) is 1. The molecular formula is C15H30N2O3. The average Bonchev–Trinajstić information content (AvgIpc) is 2.27. The molecule has 1 aliphatic carbocycles. The van der Waals surface area contributed by atoms with Crippen molar-refractivity contribution in [2.45, 2.75) is 70.6 Å². The van der Waals surface area contributed by atoms with E-state index in [0.29, 0.717) is 6.04 Å². The molecule has 1 atom stereocenters. The second-order valence-corrected chi connectivity index (χ2v) is 6.82. The van der Waals surface area contributed by atoms with Gasteiger partial charge in [0.05, 0.1) is 5.54 Å². The lowest BCUT2D eigenvalue weighted by Crippen LogP contribution is -2.60. The van der Waals surface area contributed by atoms with Crippen LogP contribution in [-0.2, 0) is 9.47 Å². The summed E-state index contributed by atoms with van der Waals surface area (Å²) in [5.41, 5.74) is -0.585. The Morgan fingerprint density at radius 3 is 2.45 bits per heavy atom. The first-order valence-corrected chi connectivity index (χ1v) is 7.50. The van der Waals surface area contributed by atoms with Crippen molar-refractivity contribution < 1.29 is 14.3 Å². The van der Waals surface area contributed by atoms with Gasteiger partial charge in [0.2, 0.25) is 0 Å². The summed E-state index contributed by atoms with van der Waals surface area (Å²) >= 11 is 0. The topological polar surface area (TPSA) is 59.6 Å². The first-order valence-electron chi connectivity index (χ1n) is 7.50. The normalized spacial score (nSPS) is 19.1. The van der Waals surface area contributed by atoms with Crippen molar-refractivity contribution in [2.24, 2.45) is 0 Å². The van der Waals surface area contributed by atoms with Gasteiger partial charge in [-0.05, 0) is 53.4 Å². The van der Waals surface area contributed by atoms with Crippen LogP contribution in [0, 0.1) is 0 Å². The van der Waals surface area contributed by atoms with Crippen molar-refractivity contribution >= 4 is 6.09 Å². The van der Waals surface area contributed by atoms with E-state index in [4.69, 9.17) is 9.47 Å². The second kappa shape index (κ2) is 7.27. The molecule has 1 unspecified atom stereocenters. The SMILES string of the molecule is COCCC(C)NCC1(NC(=O)OC(C)(C)C)CCC1. The van der Waals surface area contributed by atoms with Crippen molar-refractivity contribution in [3.8, 4) is 0 Å². The molecule has 0 saturated heterocycles. The Bertz CT molecular complexity index is 309. The van der Waals surface area contributed by atoms with Gasteiger partial charge in [0.15, 0.2) is 0 Å². The molecule has 1 rings (SSSR count). The van der Waals surface area contributed by atoms with Crippen LogP contribution >= 0.6 is 0 Å². The third-order valence-electron chi connectivity index (χ3n) is 3.62. The van der Waals surface area contributed by atoms with Crippen molar-refractivity contribution in [1.29, 1.82) is 0 Å². The standard InChI is InChI=1S/C15H30N2O3/c1-12(7-10-19-5)16-11-15(8-6-9-15)17-13(18)20-14(2,3)4/h12,16H,6-11H2,1-5H3,(H,17,18). The van der Waals surface area contributed by atoms with Gasteiger partial charge in [-0.15, -0.1) is 0 Å². The van der Waals surface area contributed by atoms with Gasteiger partial charge in [0.25, 0.3) is 0 Å². The van der Waals surface area contributed by atoms with Gasteiger partial charge in [0.1, 0.15) is 5.60 Å². The molecule has 0 bridgehead atoms. The smallest absolute Gasteiger partial charge is 0.408 e. The van der Waals surface area contributed by atoms with Crippen LogP contribution in [0.3, 0.4) is 0 Å². The minimum atomic E-state index is -0.450. The molecule has 0 aliphatic heterocycles. The van der Waals surface area contributed by atoms with Crippen LogP contribution in [0.2, 0.25) is 0 Å². The first kappa shape index (κ1) is 17.2. The van der Waals surface area contributed by atoms with Gasteiger partial charge >= 0.3 is 6.09 Å². The maximum absolute atomic E-state index is 11.9. The monoisotopic (exact) mass is 286 g/mol. The summed E-state index contributed by atoms with van der Waals surface area (Å²) in [6.07, 6.45) is 3.83. The van der Waals surface area contributed by atoms with Crippen molar-refractivity contribution in [2.75, 3.05) is 20.3 Å². The van der Waals surface area contributed by atoms with Crippen LogP contribution in [0.5, 0.6) is 0 Å². The number of rotatable bonds is 7. The van der Waals surface area contributed by atoms with Crippen molar-refractivity contribution in [1.82, 2.24) is 10.6 Å². The van der Waals surface area contributed by atoms with E-state index in [1.807, 2.05) is 20.8 Å². The summed E-state index contributed by atoms with van der Waals surface area (Å²) in [6.45, 7) is 9.32. The maximum atomic E-state index is 11.9. The Morgan fingerprint density at radius 2 is 2.00 bits per heavy atom. The Kier molecular flexibility index (Phi) is 6.27. The molecular weight excluding hydrogens is 256 g/mol. The molecule has 0 aromatic rings. The number of carbonyl (C=O) groups excluding carboxylic acids is 1. The minimum Gasteiger partial charge on any atom is -0.444 e. The predicted molar refractivity (Wildman–Crippen MR) is 79.9 cm³/mol. The number of methoxy groups -OCH3 is 1. The summed E-state index contributed by atoms with van der Waals surface area (Å²) in [5.74, 6) is 0. The summed E-state index contributed by atoms with van der Waals surface area (Å²) < 4.78 is 10.4. The number of hydrogen-bond donors (Lipinski definition) is 2.